The van der Waals surface area contributed by atoms with Crippen LogP contribution >= 0.6 is 11.6 Å². The van der Waals surface area contributed by atoms with Crippen molar-refractivity contribution in [3.8, 4) is 17.0 Å². The number of carbonyl (C=O) groups excluding carboxylic acids is 1. The van der Waals surface area contributed by atoms with E-state index in [1.165, 1.54) is 0 Å². The van der Waals surface area contributed by atoms with E-state index >= 15 is 0 Å². The summed E-state index contributed by atoms with van der Waals surface area (Å²) in [5.74, 6) is 1.35. The second-order valence-corrected chi connectivity index (χ2v) is 10.6. The maximum Gasteiger partial charge on any atom is 0.251 e. The zero-order valence-corrected chi connectivity index (χ0v) is 22.2. The van der Waals surface area contributed by atoms with E-state index in [1.54, 1.807) is 18.2 Å². The van der Waals surface area contributed by atoms with Gasteiger partial charge in [-0.2, -0.15) is 0 Å². The van der Waals surface area contributed by atoms with Crippen LogP contribution in [0.3, 0.4) is 0 Å². The van der Waals surface area contributed by atoms with E-state index in [2.05, 4.69) is 42.8 Å². The van der Waals surface area contributed by atoms with Crippen LogP contribution in [-0.2, 0) is 18.9 Å². The molecule has 0 saturated heterocycles. The molecule has 188 valence electrons. The standard InChI is InChI=1S/C28H36ClN3O3/c1-18(2)35-25-12-11-21(16-23(25)29)26(34)30-22(13-14-33)15-19-7-9-20(10-8-19)24-17-32(6)27(31-24)28(3,4)5/h7-12,16-18,22,33H,13-15H2,1-6H3,(H,30,34). The number of halogens is 1. The normalized spacial score (nSPS) is 12.6. The maximum atomic E-state index is 12.9. The Bertz CT molecular complexity index is 1150. The van der Waals surface area contributed by atoms with Gasteiger partial charge in [0.2, 0.25) is 0 Å². The minimum atomic E-state index is -0.235. The number of amides is 1. The van der Waals surface area contributed by atoms with E-state index in [0.717, 1.165) is 22.6 Å². The van der Waals surface area contributed by atoms with E-state index in [9.17, 15) is 9.90 Å². The Balaban J connectivity index is 1.69. The molecule has 1 amide bonds. The molecule has 3 aromatic rings. The minimum Gasteiger partial charge on any atom is -0.489 e. The lowest BCUT2D eigenvalue weighted by Crippen LogP contribution is -2.37. The molecule has 7 heteroatoms. The van der Waals surface area contributed by atoms with Crippen LogP contribution in [-0.4, -0.2) is 39.3 Å². The van der Waals surface area contributed by atoms with Crippen molar-refractivity contribution in [3.63, 3.8) is 0 Å². The van der Waals surface area contributed by atoms with Crippen molar-refractivity contribution in [2.24, 2.45) is 7.05 Å². The molecule has 1 atom stereocenters. The molecule has 2 N–H and O–H groups in total. The summed E-state index contributed by atoms with van der Waals surface area (Å²) in [5, 5.41) is 13.0. The van der Waals surface area contributed by atoms with Crippen LogP contribution in [0, 0.1) is 0 Å². The molecule has 0 radical (unpaired) electrons. The molecule has 0 aliphatic carbocycles. The number of rotatable bonds is 9. The monoisotopic (exact) mass is 497 g/mol. The highest BCUT2D eigenvalue weighted by Crippen LogP contribution is 2.27. The number of aryl methyl sites for hydroxylation is 1. The molecule has 6 nitrogen and oxygen atoms in total. The van der Waals surface area contributed by atoms with E-state index in [-0.39, 0.29) is 30.1 Å². The van der Waals surface area contributed by atoms with Crippen molar-refractivity contribution in [2.75, 3.05) is 6.61 Å². The third-order valence-corrected chi connectivity index (χ3v) is 5.94. The molecule has 0 saturated carbocycles. The molecule has 0 aliphatic heterocycles. The third kappa shape index (κ3) is 7.09. The molecule has 1 unspecified atom stereocenters. The number of hydrogen-bond acceptors (Lipinski definition) is 4. The number of aromatic nitrogens is 2. The second kappa shape index (κ2) is 11.3. The summed E-state index contributed by atoms with van der Waals surface area (Å²) in [5.41, 5.74) is 3.47. The summed E-state index contributed by atoms with van der Waals surface area (Å²) < 4.78 is 7.71. The summed E-state index contributed by atoms with van der Waals surface area (Å²) in [4.78, 5) is 17.7. The Hall–Kier alpha value is -2.83. The SMILES string of the molecule is CC(C)Oc1ccc(C(=O)NC(CCO)Cc2ccc(-c3cn(C)c(C(C)(C)C)n3)cc2)cc1Cl. The fraction of sp³-hybridized carbons (Fsp3) is 0.429. The third-order valence-electron chi connectivity index (χ3n) is 5.65. The molecular formula is C28H36ClN3O3. The molecule has 1 heterocycles. The van der Waals surface area contributed by atoms with Crippen LogP contribution in [0.25, 0.3) is 11.3 Å². The first kappa shape index (κ1) is 26.8. The first-order chi connectivity index (χ1) is 16.5. The van der Waals surface area contributed by atoms with Crippen molar-refractivity contribution in [2.45, 2.75) is 65.0 Å². The van der Waals surface area contributed by atoms with Crippen LogP contribution in [0.5, 0.6) is 5.75 Å². The van der Waals surface area contributed by atoms with Gasteiger partial charge >= 0.3 is 0 Å². The number of carbonyl (C=O) groups is 1. The zero-order valence-electron chi connectivity index (χ0n) is 21.4. The van der Waals surface area contributed by atoms with E-state index in [1.807, 2.05) is 39.2 Å². The van der Waals surface area contributed by atoms with E-state index in [4.69, 9.17) is 21.3 Å². The lowest BCUT2D eigenvalue weighted by Gasteiger charge is -2.19. The summed E-state index contributed by atoms with van der Waals surface area (Å²) in [7, 11) is 2.02. The van der Waals surface area contributed by atoms with Crippen molar-refractivity contribution in [1.29, 1.82) is 0 Å². The van der Waals surface area contributed by atoms with Gasteiger partial charge < -0.3 is 19.7 Å². The second-order valence-electron chi connectivity index (χ2n) is 10.2. The predicted molar refractivity (Wildman–Crippen MR) is 141 cm³/mol. The lowest BCUT2D eigenvalue weighted by atomic mass is 9.96. The van der Waals surface area contributed by atoms with Gasteiger partial charge in [-0.1, -0.05) is 56.6 Å². The minimum absolute atomic E-state index is 0.00860. The average Bonchev–Trinajstić information content (AvgIpc) is 3.17. The van der Waals surface area contributed by atoms with Gasteiger partial charge in [0.05, 0.1) is 16.8 Å². The highest BCUT2D eigenvalue weighted by molar-refractivity contribution is 6.32. The number of nitrogens with zero attached hydrogens (tertiary/aromatic N) is 2. The predicted octanol–water partition coefficient (Wildman–Crippen LogP) is 5.55. The first-order valence-electron chi connectivity index (χ1n) is 12.0. The van der Waals surface area contributed by atoms with Gasteiger partial charge in [-0.15, -0.1) is 0 Å². The largest absolute Gasteiger partial charge is 0.489 e. The fourth-order valence-electron chi connectivity index (χ4n) is 4.04. The Morgan fingerprint density at radius 1 is 1.17 bits per heavy atom. The summed E-state index contributed by atoms with van der Waals surface area (Å²) in [6.45, 7) is 10.3. The fourth-order valence-corrected chi connectivity index (χ4v) is 4.26. The van der Waals surface area contributed by atoms with Crippen molar-refractivity contribution in [1.82, 2.24) is 14.9 Å². The number of hydrogen-bond donors (Lipinski definition) is 2. The number of benzene rings is 2. The van der Waals surface area contributed by atoms with Crippen LogP contribution in [0.4, 0.5) is 0 Å². The van der Waals surface area contributed by atoms with Gasteiger partial charge in [-0.25, -0.2) is 4.98 Å². The summed E-state index contributed by atoms with van der Waals surface area (Å²) >= 11 is 6.29. The Kier molecular flexibility index (Phi) is 8.62. The number of aliphatic hydroxyl groups is 1. The van der Waals surface area contributed by atoms with Gasteiger partial charge in [0, 0.05) is 42.4 Å². The number of ether oxygens (including phenoxy) is 1. The summed E-state index contributed by atoms with van der Waals surface area (Å²) in [6.07, 6.45) is 3.09. The number of imidazole rings is 1. The number of nitrogens with one attached hydrogen (secondary N) is 1. The van der Waals surface area contributed by atoms with Gasteiger partial charge in [-0.05, 0) is 50.5 Å². The summed E-state index contributed by atoms with van der Waals surface area (Å²) in [6, 6.07) is 13.0. The Labute approximate surface area is 213 Å². The molecule has 2 aromatic carbocycles. The topological polar surface area (TPSA) is 76.4 Å². The molecule has 0 spiro atoms. The van der Waals surface area contributed by atoms with Gasteiger partial charge in [0.25, 0.3) is 5.91 Å². The molecule has 3 rings (SSSR count). The quantitative estimate of drug-likeness (QED) is 0.406. The highest BCUT2D eigenvalue weighted by atomic mass is 35.5. The lowest BCUT2D eigenvalue weighted by molar-refractivity contribution is 0.0930. The smallest absolute Gasteiger partial charge is 0.251 e. The Morgan fingerprint density at radius 2 is 1.86 bits per heavy atom. The van der Waals surface area contributed by atoms with Crippen LogP contribution in [0.1, 0.15) is 62.8 Å². The van der Waals surface area contributed by atoms with Crippen LogP contribution < -0.4 is 10.1 Å². The van der Waals surface area contributed by atoms with E-state index < -0.39 is 0 Å². The van der Waals surface area contributed by atoms with Crippen molar-refractivity contribution < 1.29 is 14.6 Å². The molecule has 0 aliphatic rings. The Morgan fingerprint density at radius 3 is 2.40 bits per heavy atom. The average molecular weight is 498 g/mol. The van der Waals surface area contributed by atoms with Crippen molar-refractivity contribution in [3.05, 3.63) is 70.6 Å². The molecular weight excluding hydrogens is 462 g/mol. The molecule has 0 fully saturated rings. The molecule has 35 heavy (non-hydrogen) atoms. The van der Waals surface area contributed by atoms with Gasteiger partial charge in [0.1, 0.15) is 11.6 Å². The number of aliphatic hydroxyl groups excluding tert-OH is 1. The van der Waals surface area contributed by atoms with Crippen LogP contribution in [0.15, 0.2) is 48.7 Å². The molecule has 0 bridgehead atoms. The van der Waals surface area contributed by atoms with Gasteiger partial charge in [-0.3, -0.25) is 4.79 Å². The molecule has 1 aromatic heterocycles. The maximum absolute atomic E-state index is 12.9. The van der Waals surface area contributed by atoms with Crippen LogP contribution in [0.2, 0.25) is 5.02 Å². The van der Waals surface area contributed by atoms with E-state index in [0.29, 0.717) is 29.2 Å². The highest BCUT2D eigenvalue weighted by Gasteiger charge is 2.21. The van der Waals surface area contributed by atoms with Gasteiger partial charge in [0.15, 0.2) is 0 Å². The van der Waals surface area contributed by atoms with Crippen molar-refractivity contribution >= 4 is 17.5 Å². The first-order valence-corrected chi connectivity index (χ1v) is 12.4. The zero-order chi connectivity index (χ0) is 25.8.